The minimum absolute atomic E-state index is 0.114. The SMILES string of the molecule is COc1ccc(-c2coc3cc(OCC(O)Cc4ccccc4)ccc3c2=O)cc1. The molecule has 4 rings (SSSR count). The van der Waals surface area contributed by atoms with Gasteiger partial charge in [-0.05, 0) is 35.4 Å². The first-order valence-electron chi connectivity index (χ1n) is 9.69. The largest absolute Gasteiger partial charge is 0.497 e. The highest BCUT2D eigenvalue weighted by molar-refractivity contribution is 5.82. The second-order valence-corrected chi connectivity index (χ2v) is 7.02. The summed E-state index contributed by atoms with van der Waals surface area (Å²) < 4.78 is 16.6. The average Bonchev–Trinajstić information content (AvgIpc) is 2.79. The van der Waals surface area contributed by atoms with Crippen molar-refractivity contribution in [2.75, 3.05) is 13.7 Å². The molecule has 5 nitrogen and oxygen atoms in total. The van der Waals surface area contributed by atoms with E-state index in [-0.39, 0.29) is 12.0 Å². The smallest absolute Gasteiger partial charge is 0.200 e. The zero-order chi connectivity index (χ0) is 20.9. The lowest BCUT2D eigenvalue weighted by molar-refractivity contribution is 0.108. The number of fused-ring (bicyclic) bond motifs is 1. The van der Waals surface area contributed by atoms with Crippen LogP contribution in [-0.2, 0) is 6.42 Å². The summed E-state index contributed by atoms with van der Waals surface area (Å²) in [6.45, 7) is 0.147. The number of aliphatic hydroxyl groups excluding tert-OH is 1. The summed E-state index contributed by atoms with van der Waals surface area (Å²) in [4.78, 5) is 12.9. The van der Waals surface area contributed by atoms with Crippen LogP contribution in [0.4, 0.5) is 0 Å². The summed E-state index contributed by atoms with van der Waals surface area (Å²) in [6, 6.07) is 22.1. The number of benzene rings is 3. The molecule has 0 aliphatic carbocycles. The maximum Gasteiger partial charge on any atom is 0.200 e. The Kier molecular flexibility index (Phi) is 5.82. The fraction of sp³-hybridized carbons (Fsp3) is 0.160. The second kappa shape index (κ2) is 8.84. The monoisotopic (exact) mass is 402 g/mol. The van der Waals surface area contributed by atoms with Gasteiger partial charge in [0.25, 0.3) is 0 Å². The van der Waals surface area contributed by atoms with Crippen molar-refractivity contribution in [3.8, 4) is 22.6 Å². The Balaban J connectivity index is 1.49. The van der Waals surface area contributed by atoms with E-state index >= 15 is 0 Å². The molecule has 4 aromatic rings. The first-order valence-corrected chi connectivity index (χ1v) is 9.69. The molecular formula is C25H22O5. The Bertz CT molecular complexity index is 1180. The van der Waals surface area contributed by atoms with Crippen molar-refractivity contribution in [3.05, 3.63) is 94.8 Å². The molecule has 0 amide bonds. The maximum atomic E-state index is 12.9. The standard InChI is InChI=1S/C25H22O5/c1-28-20-9-7-18(8-10-20)23-16-30-24-14-21(11-12-22(24)25(23)27)29-15-19(26)13-17-5-3-2-4-6-17/h2-12,14,16,19,26H,13,15H2,1H3. The van der Waals surface area contributed by atoms with E-state index in [1.165, 1.54) is 6.26 Å². The predicted octanol–water partition coefficient (Wildman–Crippen LogP) is 4.45. The minimum atomic E-state index is -0.632. The zero-order valence-electron chi connectivity index (χ0n) is 16.6. The molecule has 0 radical (unpaired) electrons. The summed E-state index contributed by atoms with van der Waals surface area (Å²) in [5.74, 6) is 1.26. The Labute approximate surface area is 174 Å². The van der Waals surface area contributed by atoms with Gasteiger partial charge >= 0.3 is 0 Å². The molecule has 3 aromatic carbocycles. The van der Waals surface area contributed by atoms with Crippen molar-refractivity contribution in [3.63, 3.8) is 0 Å². The molecule has 152 valence electrons. The van der Waals surface area contributed by atoms with E-state index in [0.717, 1.165) is 16.9 Å². The fourth-order valence-electron chi connectivity index (χ4n) is 3.31. The third-order valence-corrected chi connectivity index (χ3v) is 4.90. The molecule has 0 spiro atoms. The van der Waals surface area contributed by atoms with Crippen molar-refractivity contribution in [2.24, 2.45) is 0 Å². The third-order valence-electron chi connectivity index (χ3n) is 4.90. The Morgan fingerprint density at radius 3 is 2.43 bits per heavy atom. The summed E-state index contributed by atoms with van der Waals surface area (Å²) in [5.41, 5.74) is 2.61. The first-order chi connectivity index (χ1) is 14.6. The van der Waals surface area contributed by atoms with Crippen LogP contribution in [0.3, 0.4) is 0 Å². The van der Waals surface area contributed by atoms with Gasteiger partial charge in [-0.15, -0.1) is 0 Å². The lowest BCUT2D eigenvalue weighted by Gasteiger charge is -2.13. The van der Waals surface area contributed by atoms with Crippen molar-refractivity contribution in [1.29, 1.82) is 0 Å². The maximum absolute atomic E-state index is 12.9. The predicted molar refractivity (Wildman–Crippen MR) is 116 cm³/mol. The van der Waals surface area contributed by atoms with Crippen LogP contribution >= 0.6 is 0 Å². The van der Waals surface area contributed by atoms with E-state index in [4.69, 9.17) is 13.9 Å². The average molecular weight is 402 g/mol. The highest BCUT2D eigenvalue weighted by atomic mass is 16.5. The summed E-state index contributed by atoms with van der Waals surface area (Å²) in [7, 11) is 1.60. The Hall–Kier alpha value is -3.57. The van der Waals surface area contributed by atoms with E-state index < -0.39 is 6.10 Å². The van der Waals surface area contributed by atoms with Crippen LogP contribution in [0.25, 0.3) is 22.1 Å². The first kappa shape index (κ1) is 19.7. The van der Waals surface area contributed by atoms with Crippen molar-refractivity contribution >= 4 is 11.0 Å². The van der Waals surface area contributed by atoms with Crippen LogP contribution in [0.2, 0.25) is 0 Å². The van der Waals surface area contributed by atoms with Gasteiger partial charge in [-0.2, -0.15) is 0 Å². The molecule has 1 heterocycles. The fourth-order valence-corrected chi connectivity index (χ4v) is 3.31. The van der Waals surface area contributed by atoms with Gasteiger partial charge < -0.3 is 19.0 Å². The topological polar surface area (TPSA) is 68.9 Å². The Morgan fingerprint density at radius 2 is 1.70 bits per heavy atom. The van der Waals surface area contributed by atoms with Crippen LogP contribution in [-0.4, -0.2) is 24.9 Å². The molecule has 1 atom stereocenters. The van der Waals surface area contributed by atoms with Gasteiger partial charge in [-0.25, -0.2) is 0 Å². The molecular weight excluding hydrogens is 380 g/mol. The van der Waals surface area contributed by atoms with Crippen LogP contribution < -0.4 is 14.9 Å². The van der Waals surface area contributed by atoms with E-state index in [1.807, 2.05) is 42.5 Å². The van der Waals surface area contributed by atoms with Gasteiger partial charge in [0.2, 0.25) is 0 Å². The number of hydrogen-bond acceptors (Lipinski definition) is 5. The summed E-state index contributed by atoms with van der Waals surface area (Å²) in [6.07, 6.45) is 1.34. The lowest BCUT2D eigenvalue weighted by atomic mass is 10.1. The highest BCUT2D eigenvalue weighted by Gasteiger charge is 2.12. The molecule has 0 saturated carbocycles. The second-order valence-electron chi connectivity index (χ2n) is 7.02. The van der Waals surface area contributed by atoms with Gasteiger partial charge in [-0.3, -0.25) is 4.79 Å². The summed E-state index contributed by atoms with van der Waals surface area (Å²) >= 11 is 0. The van der Waals surface area contributed by atoms with Gasteiger partial charge in [0.1, 0.15) is 30.0 Å². The number of rotatable bonds is 7. The lowest BCUT2D eigenvalue weighted by Crippen LogP contribution is -2.20. The normalized spacial score (nSPS) is 11.9. The van der Waals surface area contributed by atoms with Crippen LogP contribution in [0.15, 0.2) is 88.3 Å². The summed E-state index contributed by atoms with van der Waals surface area (Å²) in [5, 5.41) is 10.7. The molecule has 0 aliphatic heterocycles. The molecule has 1 unspecified atom stereocenters. The molecule has 0 fully saturated rings. The number of hydrogen-bond donors (Lipinski definition) is 1. The molecule has 0 bridgehead atoms. The van der Waals surface area contributed by atoms with E-state index in [1.54, 1.807) is 37.4 Å². The van der Waals surface area contributed by atoms with Gasteiger partial charge in [-0.1, -0.05) is 42.5 Å². The molecule has 1 aromatic heterocycles. The van der Waals surface area contributed by atoms with Crippen LogP contribution in [0, 0.1) is 0 Å². The number of aliphatic hydroxyl groups is 1. The molecule has 0 saturated heterocycles. The highest BCUT2D eigenvalue weighted by Crippen LogP contribution is 2.24. The van der Waals surface area contributed by atoms with Crippen molar-refractivity contribution < 1.29 is 19.0 Å². The molecule has 5 heteroatoms. The minimum Gasteiger partial charge on any atom is -0.497 e. The van der Waals surface area contributed by atoms with Crippen molar-refractivity contribution in [1.82, 2.24) is 0 Å². The van der Waals surface area contributed by atoms with Gasteiger partial charge in [0, 0.05) is 12.5 Å². The van der Waals surface area contributed by atoms with E-state index in [2.05, 4.69) is 0 Å². The number of ether oxygens (including phenoxy) is 2. The van der Waals surface area contributed by atoms with Crippen LogP contribution in [0.1, 0.15) is 5.56 Å². The Morgan fingerprint density at radius 1 is 0.967 bits per heavy atom. The number of methoxy groups -OCH3 is 1. The quantitative estimate of drug-likeness (QED) is 0.495. The molecule has 0 aliphatic rings. The van der Waals surface area contributed by atoms with Crippen molar-refractivity contribution in [2.45, 2.75) is 12.5 Å². The van der Waals surface area contributed by atoms with Crippen LogP contribution in [0.5, 0.6) is 11.5 Å². The molecule has 1 N–H and O–H groups in total. The van der Waals surface area contributed by atoms with Gasteiger partial charge in [0.05, 0.1) is 24.2 Å². The van der Waals surface area contributed by atoms with E-state index in [9.17, 15) is 9.90 Å². The van der Waals surface area contributed by atoms with E-state index in [0.29, 0.717) is 28.7 Å². The zero-order valence-corrected chi connectivity index (χ0v) is 16.6. The molecule has 30 heavy (non-hydrogen) atoms. The third kappa shape index (κ3) is 4.36. The van der Waals surface area contributed by atoms with Gasteiger partial charge in [0.15, 0.2) is 5.43 Å².